The average Bonchev–Trinajstić information content (AvgIpc) is 3.44. The molecule has 2 aromatic rings. The minimum atomic E-state index is -1.20. The number of nitrogen functional groups attached to an aromatic ring is 1. The summed E-state index contributed by atoms with van der Waals surface area (Å²) in [5.74, 6) is -0.501. The summed E-state index contributed by atoms with van der Waals surface area (Å²) in [5, 5.41) is 3.02. The van der Waals surface area contributed by atoms with E-state index in [9.17, 15) is 9.18 Å². The number of amides is 1. The highest BCUT2D eigenvalue weighted by Crippen LogP contribution is 2.54. The Hall–Kier alpha value is -2.60. The van der Waals surface area contributed by atoms with Crippen LogP contribution >= 0.6 is 11.6 Å². The predicted molar refractivity (Wildman–Crippen MR) is 97.8 cm³/mol. The van der Waals surface area contributed by atoms with Crippen LogP contribution in [0, 0.1) is 5.92 Å². The summed E-state index contributed by atoms with van der Waals surface area (Å²) in [5.41, 5.74) is 6.13. The average molecular weight is 374 g/mol. The van der Waals surface area contributed by atoms with Crippen LogP contribution in [-0.4, -0.2) is 24.7 Å². The van der Waals surface area contributed by atoms with Crippen LogP contribution in [0.5, 0.6) is 0 Å². The number of fused-ring (bicyclic) bond motifs is 1. The van der Waals surface area contributed by atoms with Crippen LogP contribution in [0.2, 0.25) is 5.02 Å². The molecule has 3 N–H and O–H groups in total. The molecule has 0 saturated heterocycles. The quantitative estimate of drug-likeness (QED) is 0.810. The first-order chi connectivity index (χ1) is 12.5. The van der Waals surface area contributed by atoms with Crippen molar-refractivity contribution in [3.05, 3.63) is 64.7 Å². The number of aliphatic imine (C=N–C) groups is 1. The molecule has 7 heteroatoms. The van der Waals surface area contributed by atoms with Gasteiger partial charge in [0.25, 0.3) is 11.9 Å². The van der Waals surface area contributed by atoms with E-state index in [1.807, 2.05) is 6.07 Å². The highest BCUT2D eigenvalue weighted by atomic mass is 35.5. The van der Waals surface area contributed by atoms with E-state index in [1.54, 1.807) is 42.5 Å². The van der Waals surface area contributed by atoms with E-state index in [0.717, 1.165) is 0 Å². The fourth-order valence-electron chi connectivity index (χ4n) is 3.39. The van der Waals surface area contributed by atoms with Crippen molar-refractivity contribution in [3.63, 3.8) is 0 Å². The Morgan fingerprint density at radius 2 is 2.12 bits per heavy atom. The molecule has 1 heterocycles. The number of nitrogens with two attached hydrogens (primary N) is 1. The number of carbonyl (C=O) groups is 1. The van der Waals surface area contributed by atoms with Crippen LogP contribution in [0.15, 0.2) is 53.5 Å². The maximum absolute atomic E-state index is 14.3. The number of carbonyl (C=O) groups excluding carboxylic acids is 1. The molecule has 2 aliphatic rings. The molecular weight excluding hydrogens is 357 g/mol. The van der Waals surface area contributed by atoms with Crippen LogP contribution in [-0.2, 0) is 10.3 Å². The molecular formula is C19H17ClFN3O2. The lowest BCUT2D eigenvalue weighted by atomic mass is 9.85. The minimum Gasteiger partial charge on any atom is -0.461 e. The molecule has 4 rings (SSSR count). The molecule has 3 atom stereocenters. The Morgan fingerprint density at radius 1 is 1.35 bits per heavy atom. The zero-order chi connectivity index (χ0) is 18.3. The molecule has 1 fully saturated rings. The van der Waals surface area contributed by atoms with Gasteiger partial charge >= 0.3 is 0 Å². The molecule has 2 aromatic carbocycles. The number of anilines is 1. The van der Waals surface area contributed by atoms with Gasteiger partial charge in [-0.2, -0.15) is 0 Å². The maximum Gasteiger partial charge on any atom is 0.292 e. The normalized spacial score (nSPS) is 26.3. The van der Waals surface area contributed by atoms with Crippen LogP contribution in [0.1, 0.15) is 22.3 Å². The second-order valence-corrected chi connectivity index (χ2v) is 6.94. The summed E-state index contributed by atoms with van der Waals surface area (Å²) in [6, 6.07) is 13.6. The van der Waals surface area contributed by atoms with Gasteiger partial charge in [-0.3, -0.25) is 10.1 Å². The van der Waals surface area contributed by atoms with Gasteiger partial charge in [-0.05, 0) is 36.8 Å². The Bertz CT molecular complexity index is 890. The summed E-state index contributed by atoms with van der Waals surface area (Å²) in [7, 11) is 0. The van der Waals surface area contributed by atoms with E-state index in [4.69, 9.17) is 22.1 Å². The molecule has 5 nitrogen and oxygen atoms in total. The van der Waals surface area contributed by atoms with Crippen molar-refractivity contribution >= 4 is 29.2 Å². The molecule has 134 valence electrons. The summed E-state index contributed by atoms with van der Waals surface area (Å²) in [4.78, 5) is 16.8. The molecule has 1 aliphatic heterocycles. The Balaban J connectivity index is 1.70. The zero-order valence-corrected chi connectivity index (χ0v) is 14.5. The number of alkyl halides is 1. The SMILES string of the molecule is Nc1ccc(Cl)c([C@@]2(CF)N=C(NC(=O)c3ccccc3)O[C@@H]3C[C@@H]32)c1. The topological polar surface area (TPSA) is 76.7 Å². The molecule has 0 unspecified atom stereocenters. The number of nitrogens with zero attached hydrogens (tertiary/aromatic N) is 1. The van der Waals surface area contributed by atoms with Crippen LogP contribution in [0.4, 0.5) is 10.1 Å². The summed E-state index contributed by atoms with van der Waals surface area (Å²) >= 11 is 6.31. The van der Waals surface area contributed by atoms with Crippen LogP contribution in [0.25, 0.3) is 0 Å². The van der Waals surface area contributed by atoms with E-state index in [1.165, 1.54) is 0 Å². The number of amidine groups is 1. The van der Waals surface area contributed by atoms with Crippen molar-refractivity contribution in [3.8, 4) is 0 Å². The van der Waals surface area contributed by atoms with E-state index < -0.39 is 12.2 Å². The third-order valence-corrected chi connectivity index (χ3v) is 5.16. The molecule has 1 amide bonds. The Labute approximate surface area is 155 Å². The maximum atomic E-state index is 14.3. The monoisotopic (exact) mass is 373 g/mol. The van der Waals surface area contributed by atoms with Crippen molar-refractivity contribution in [1.29, 1.82) is 0 Å². The predicted octanol–water partition coefficient (Wildman–Crippen LogP) is 3.29. The fraction of sp³-hybridized carbons (Fsp3) is 0.263. The summed E-state index contributed by atoms with van der Waals surface area (Å²) in [6.07, 6.45) is 0.440. The number of hydrogen-bond acceptors (Lipinski definition) is 4. The fourth-order valence-corrected chi connectivity index (χ4v) is 3.67. The highest BCUT2D eigenvalue weighted by Gasteiger charge is 2.60. The molecule has 0 spiro atoms. The third kappa shape index (κ3) is 2.80. The van der Waals surface area contributed by atoms with Crippen molar-refractivity contribution in [2.75, 3.05) is 12.4 Å². The van der Waals surface area contributed by atoms with E-state index in [0.29, 0.717) is 28.3 Å². The highest BCUT2D eigenvalue weighted by molar-refractivity contribution is 6.31. The minimum absolute atomic E-state index is 0.00810. The largest absolute Gasteiger partial charge is 0.461 e. The number of ether oxygens (including phenoxy) is 1. The molecule has 1 aliphatic carbocycles. The number of nitrogens with one attached hydrogen (secondary N) is 1. The Morgan fingerprint density at radius 3 is 2.85 bits per heavy atom. The summed E-state index contributed by atoms with van der Waals surface area (Å²) in [6.45, 7) is -0.759. The standard InChI is InChI=1S/C19H17ClFN3O2/c20-15-7-6-12(22)8-13(15)19(10-21)14-9-16(14)26-18(24-19)23-17(25)11-4-2-1-3-5-11/h1-8,14,16H,9-10,22H2,(H,23,24,25)/t14-,16+,19+/m0/s1. The Kier molecular flexibility index (Phi) is 4.07. The lowest BCUT2D eigenvalue weighted by Crippen LogP contribution is -2.43. The second-order valence-electron chi connectivity index (χ2n) is 6.53. The van der Waals surface area contributed by atoms with Gasteiger partial charge in [0.15, 0.2) is 0 Å². The van der Waals surface area contributed by atoms with Crippen LogP contribution < -0.4 is 11.1 Å². The lowest BCUT2D eigenvalue weighted by Gasteiger charge is -2.32. The van der Waals surface area contributed by atoms with E-state index in [-0.39, 0.29) is 24.0 Å². The van der Waals surface area contributed by atoms with Crippen LogP contribution in [0.3, 0.4) is 0 Å². The summed E-state index contributed by atoms with van der Waals surface area (Å²) < 4.78 is 19.9. The van der Waals surface area contributed by atoms with Crippen molar-refractivity contribution in [2.45, 2.75) is 18.1 Å². The third-order valence-electron chi connectivity index (χ3n) is 4.83. The van der Waals surface area contributed by atoms with Gasteiger partial charge in [0.1, 0.15) is 18.3 Å². The van der Waals surface area contributed by atoms with Gasteiger partial charge in [0.05, 0.1) is 0 Å². The van der Waals surface area contributed by atoms with E-state index in [2.05, 4.69) is 10.3 Å². The molecule has 1 saturated carbocycles. The molecule has 0 bridgehead atoms. The first-order valence-electron chi connectivity index (χ1n) is 8.28. The van der Waals surface area contributed by atoms with Gasteiger partial charge in [-0.25, -0.2) is 9.38 Å². The van der Waals surface area contributed by atoms with Crippen molar-refractivity contribution < 1.29 is 13.9 Å². The van der Waals surface area contributed by atoms with Gasteiger partial charge in [0.2, 0.25) is 0 Å². The smallest absolute Gasteiger partial charge is 0.292 e. The first kappa shape index (κ1) is 16.8. The number of halogens is 2. The first-order valence-corrected chi connectivity index (χ1v) is 8.65. The molecule has 0 aromatic heterocycles. The lowest BCUT2D eigenvalue weighted by molar-refractivity contribution is 0.0951. The van der Waals surface area contributed by atoms with Gasteiger partial charge in [0, 0.05) is 27.8 Å². The number of rotatable bonds is 3. The second kappa shape index (κ2) is 6.29. The van der Waals surface area contributed by atoms with Gasteiger partial charge in [-0.1, -0.05) is 29.8 Å². The van der Waals surface area contributed by atoms with E-state index >= 15 is 0 Å². The van der Waals surface area contributed by atoms with Crippen molar-refractivity contribution in [2.24, 2.45) is 10.9 Å². The molecule has 26 heavy (non-hydrogen) atoms. The van der Waals surface area contributed by atoms with Crippen molar-refractivity contribution in [1.82, 2.24) is 5.32 Å². The number of hydrogen-bond donors (Lipinski definition) is 2. The van der Waals surface area contributed by atoms with Gasteiger partial charge in [-0.15, -0.1) is 0 Å². The van der Waals surface area contributed by atoms with Gasteiger partial charge < -0.3 is 10.5 Å². The molecule has 0 radical (unpaired) electrons. The number of benzene rings is 2. The zero-order valence-electron chi connectivity index (χ0n) is 13.8.